The standard InChI is InChI=1S/C16H30N2O2/c1-12(2)9-16(6-4-5-7-16)11-18-15(19)14-8-13(20-3)10-17-14/h12-14,17H,4-11H2,1-3H3,(H,18,19). The number of hydrogen-bond donors (Lipinski definition) is 2. The van der Waals surface area contributed by atoms with Crippen LogP contribution in [0, 0.1) is 11.3 Å². The molecule has 1 saturated carbocycles. The lowest BCUT2D eigenvalue weighted by Crippen LogP contribution is -2.45. The molecule has 2 unspecified atom stereocenters. The SMILES string of the molecule is COC1CNC(C(=O)NCC2(CC(C)C)CCCC2)C1. The number of methoxy groups -OCH3 is 1. The fourth-order valence-corrected chi connectivity index (χ4v) is 3.92. The van der Waals surface area contributed by atoms with Gasteiger partial charge in [0.05, 0.1) is 12.1 Å². The van der Waals surface area contributed by atoms with E-state index in [1.165, 1.54) is 32.1 Å². The average Bonchev–Trinajstić information content (AvgIpc) is 3.04. The van der Waals surface area contributed by atoms with Gasteiger partial charge < -0.3 is 15.4 Å². The number of rotatable bonds is 6. The van der Waals surface area contributed by atoms with Crippen molar-refractivity contribution in [1.29, 1.82) is 0 Å². The Hall–Kier alpha value is -0.610. The third kappa shape index (κ3) is 3.95. The predicted molar refractivity (Wildman–Crippen MR) is 80.6 cm³/mol. The largest absolute Gasteiger partial charge is 0.380 e. The van der Waals surface area contributed by atoms with Crippen molar-refractivity contribution >= 4 is 5.91 Å². The topological polar surface area (TPSA) is 50.4 Å². The summed E-state index contributed by atoms with van der Waals surface area (Å²) in [5.41, 5.74) is 0.350. The van der Waals surface area contributed by atoms with E-state index < -0.39 is 0 Å². The monoisotopic (exact) mass is 282 g/mol. The highest BCUT2D eigenvalue weighted by Gasteiger charge is 2.36. The molecule has 0 bridgehead atoms. The number of carbonyl (C=O) groups excluding carboxylic acids is 1. The van der Waals surface area contributed by atoms with Crippen LogP contribution in [0.25, 0.3) is 0 Å². The molecule has 0 aromatic carbocycles. The van der Waals surface area contributed by atoms with Gasteiger partial charge in [0.15, 0.2) is 0 Å². The van der Waals surface area contributed by atoms with Gasteiger partial charge in [0.1, 0.15) is 0 Å². The van der Waals surface area contributed by atoms with E-state index >= 15 is 0 Å². The fourth-order valence-electron chi connectivity index (χ4n) is 3.92. The summed E-state index contributed by atoms with van der Waals surface area (Å²) >= 11 is 0. The maximum absolute atomic E-state index is 12.3. The second kappa shape index (κ2) is 6.90. The lowest BCUT2D eigenvalue weighted by molar-refractivity contribution is -0.123. The van der Waals surface area contributed by atoms with Crippen molar-refractivity contribution in [3.63, 3.8) is 0 Å². The molecule has 1 amide bonds. The lowest BCUT2D eigenvalue weighted by Gasteiger charge is -2.31. The minimum Gasteiger partial charge on any atom is -0.380 e. The van der Waals surface area contributed by atoms with Crippen LogP contribution in [0.1, 0.15) is 52.4 Å². The smallest absolute Gasteiger partial charge is 0.237 e. The summed E-state index contributed by atoms with van der Waals surface area (Å²) in [5, 5.41) is 6.45. The van der Waals surface area contributed by atoms with Gasteiger partial charge in [-0.3, -0.25) is 4.79 Å². The molecule has 1 aliphatic carbocycles. The third-order valence-electron chi connectivity index (χ3n) is 4.88. The van der Waals surface area contributed by atoms with E-state index in [1.54, 1.807) is 7.11 Å². The van der Waals surface area contributed by atoms with Gasteiger partial charge in [-0.2, -0.15) is 0 Å². The molecule has 2 aliphatic rings. The van der Waals surface area contributed by atoms with Crippen LogP contribution in [-0.4, -0.2) is 38.3 Å². The van der Waals surface area contributed by atoms with Crippen molar-refractivity contribution < 1.29 is 9.53 Å². The molecule has 4 heteroatoms. The summed E-state index contributed by atoms with van der Waals surface area (Å²) < 4.78 is 5.30. The van der Waals surface area contributed by atoms with E-state index in [9.17, 15) is 4.79 Å². The molecule has 1 heterocycles. The number of nitrogens with one attached hydrogen (secondary N) is 2. The van der Waals surface area contributed by atoms with Crippen LogP contribution in [0.5, 0.6) is 0 Å². The molecule has 1 saturated heterocycles. The maximum Gasteiger partial charge on any atom is 0.237 e. The molecule has 0 spiro atoms. The summed E-state index contributed by atoms with van der Waals surface area (Å²) in [5.74, 6) is 0.854. The molecule has 0 aromatic heterocycles. The van der Waals surface area contributed by atoms with Crippen LogP contribution in [0.2, 0.25) is 0 Å². The molecule has 2 rings (SSSR count). The Balaban J connectivity index is 1.82. The Bertz CT molecular complexity index is 324. The molecule has 1 aliphatic heterocycles. The summed E-state index contributed by atoms with van der Waals surface area (Å²) in [6.45, 7) is 6.19. The van der Waals surface area contributed by atoms with Crippen LogP contribution in [-0.2, 0) is 9.53 Å². The van der Waals surface area contributed by atoms with Gasteiger partial charge >= 0.3 is 0 Å². The number of ether oxygens (including phenoxy) is 1. The van der Waals surface area contributed by atoms with E-state index in [1.807, 2.05) is 0 Å². The van der Waals surface area contributed by atoms with Crippen molar-refractivity contribution in [2.24, 2.45) is 11.3 Å². The second-order valence-electron chi connectivity index (χ2n) is 7.08. The van der Waals surface area contributed by atoms with Crippen LogP contribution in [0.3, 0.4) is 0 Å². The van der Waals surface area contributed by atoms with Crippen molar-refractivity contribution in [2.75, 3.05) is 20.2 Å². The van der Waals surface area contributed by atoms with Crippen LogP contribution < -0.4 is 10.6 Å². The molecular weight excluding hydrogens is 252 g/mol. The van der Waals surface area contributed by atoms with Gasteiger partial charge in [-0.25, -0.2) is 0 Å². The highest BCUT2D eigenvalue weighted by Crippen LogP contribution is 2.42. The Morgan fingerprint density at radius 2 is 2.10 bits per heavy atom. The molecule has 0 aromatic rings. The zero-order valence-electron chi connectivity index (χ0n) is 13.2. The zero-order chi connectivity index (χ0) is 14.6. The van der Waals surface area contributed by atoms with Gasteiger partial charge in [0.2, 0.25) is 5.91 Å². The van der Waals surface area contributed by atoms with Crippen molar-refractivity contribution in [2.45, 2.75) is 64.5 Å². The zero-order valence-corrected chi connectivity index (χ0v) is 13.2. The third-order valence-corrected chi connectivity index (χ3v) is 4.88. The van der Waals surface area contributed by atoms with Crippen LogP contribution in [0.15, 0.2) is 0 Å². The second-order valence-corrected chi connectivity index (χ2v) is 7.08. The van der Waals surface area contributed by atoms with Gasteiger partial charge in [-0.1, -0.05) is 26.7 Å². The summed E-state index contributed by atoms with van der Waals surface area (Å²) in [6, 6.07) is -0.0718. The van der Waals surface area contributed by atoms with Crippen molar-refractivity contribution in [3.8, 4) is 0 Å². The quantitative estimate of drug-likeness (QED) is 0.784. The van der Waals surface area contributed by atoms with Crippen molar-refractivity contribution in [1.82, 2.24) is 10.6 Å². The molecule has 20 heavy (non-hydrogen) atoms. The van der Waals surface area contributed by atoms with E-state index in [2.05, 4.69) is 24.5 Å². The Kier molecular flexibility index (Phi) is 5.44. The molecule has 116 valence electrons. The number of carbonyl (C=O) groups is 1. The van der Waals surface area contributed by atoms with Crippen LogP contribution >= 0.6 is 0 Å². The first kappa shape index (κ1) is 15.8. The van der Waals surface area contributed by atoms with Gasteiger partial charge in [0.25, 0.3) is 0 Å². The highest BCUT2D eigenvalue weighted by atomic mass is 16.5. The number of amides is 1. The first-order valence-electron chi connectivity index (χ1n) is 8.08. The molecule has 2 atom stereocenters. The molecule has 2 N–H and O–H groups in total. The summed E-state index contributed by atoms with van der Waals surface area (Å²) in [6.07, 6.45) is 7.37. The van der Waals surface area contributed by atoms with Crippen LogP contribution in [0.4, 0.5) is 0 Å². The van der Waals surface area contributed by atoms with Gasteiger partial charge in [-0.05, 0) is 37.0 Å². The fraction of sp³-hybridized carbons (Fsp3) is 0.938. The summed E-state index contributed by atoms with van der Waals surface area (Å²) in [7, 11) is 1.71. The minimum atomic E-state index is -0.0718. The van der Waals surface area contributed by atoms with E-state index in [0.717, 1.165) is 19.5 Å². The normalized spacial score (nSPS) is 29.0. The highest BCUT2D eigenvalue weighted by molar-refractivity contribution is 5.82. The van der Waals surface area contributed by atoms with E-state index in [-0.39, 0.29) is 18.1 Å². The number of hydrogen-bond acceptors (Lipinski definition) is 3. The maximum atomic E-state index is 12.3. The Morgan fingerprint density at radius 1 is 1.40 bits per heavy atom. The minimum absolute atomic E-state index is 0.0718. The molecule has 2 fully saturated rings. The Morgan fingerprint density at radius 3 is 2.65 bits per heavy atom. The molecule has 4 nitrogen and oxygen atoms in total. The molecular formula is C16H30N2O2. The lowest BCUT2D eigenvalue weighted by atomic mass is 9.78. The first-order chi connectivity index (χ1) is 9.54. The van der Waals surface area contributed by atoms with Gasteiger partial charge in [0, 0.05) is 20.2 Å². The van der Waals surface area contributed by atoms with E-state index in [4.69, 9.17) is 4.74 Å². The summed E-state index contributed by atoms with van der Waals surface area (Å²) in [4.78, 5) is 12.3. The first-order valence-corrected chi connectivity index (χ1v) is 8.08. The average molecular weight is 282 g/mol. The van der Waals surface area contributed by atoms with Gasteiger partial charge in [-0.15, -0.1) is 0 Å². The predicted octanol–water partition coefficient (Wildman–Crippen LogP) is 2.09. The molecule has 0 radical (unpaired) electrons. The van der Waals surface area contributed by atoms with Crippen molar-refractivity contribution in [3.05, 3.63) is 0 Å². The van der Waals surface area contributed by atoms with E-state index in [0.29, 0.717) is 11.3 Å². The Labute approximate surface area is 123 Å².